The monoisotopic (exact) mass is 410 g/mol. The second-order valence-corrected chi connectivity index (χ2v) is 8.94. The number of allylic oxidation sites excluding steroid dienone is 1. The lowest BCUT2D eigenvalue weighted by Gasteiger charge is -2.42. The fourth-order valence-electron chi connectivity index (χ4n) is 4.60. The summed E-state index contributed by atoms with van der Waals surface area (Å²) in [5.74, 6) is -0.597. The largest absolute Gasteiger partial charge is 0.456 e. The van der Waals surface area contributed by atoms with Crippen molar-refractivity contribution in [2.45, 2.75) is 88.7 Å². The molecule has 0 aromatic heterocycles. The number of aliphatic hydroxyl groups excluding tert-OH is 2. The highest BCUT2D eigenvalue weighted by Crippen LogP contribution is 2.59. The Morgan fingerprint density at radius 3 is 2.59 bits per heavy atom. The number of hydrogen-bond acceptors (Lipinski definition) is 7. The van der Waals surface area contributed by atoms with Gasteiger partial charge in [0.15, 0.2) is 0 Å². The Labute approximate surface area is 172 Å². The third kappa shape index (κ3) is 4.75. The normalized spacial score (nSPS) is 40.5. The molecule has 2 N–H and O–H groups in total. The average molecular weight is 411 g/mol. The summed E-state index contributed by atoms with van der Waals surface area (Å²) >= 11 is 0. The molecule has 3 aliphatic rings. The molecule has 0 aromatic carbocycles. The molecule has 164 valence electrons. The Morgan fingerprint density at radius 2 is 2.03 bits per heavy atom. The Morgan fingerprint density at radius 1 is 1.34 bits per heavy atom. The number of aliphatic hydroxyl groups is 2. The number of rotatable bonds is 8. The first-order valence-corrected chi connectivity index (χ1v) is 10.4. The minimum atomic E-state index is -1.11. The fraction of sp³-hybridized carbons (Fsp3) is 0.773. The van der Waals surface area contributed by atoms with Gasteiger partial charge in [-0.05, 0) is 53.0 Å². The van der Waals surface area contributed by atoms with Crippen molar-refractivity contribution in [3.63, 3.8) is 0 Å². The highest BCUT2D eigenvalue weighted by molar-refractivity contribution is 5.82. The van der Waals surface area contributed by atoms with Gasteiger partial charge in [0.05, 0.1) is 30.8 Å². The minimum absolute atomic E-state index is 0.0332. The van der Waals surface area contributed by atoms with Crippen LogP contribution in [0, 0.1) is 5.92 Å². The Balaban J connectivity index is 1.70. The van der Waals surface area contributed by atoms with Crippen LogP contribution in [0.4, 0.5) is 0 Å². The maximum atomic E-state index is 12.3. The molecule has 1 aliphatic carbocycles. The Hall–Kier alpha value is -1.25. The predicted molar refractivity (Wildman–Crippen MR) is 106 cm³/mol. The first-order valence-electron chi connectivity index (χ1n) is 10.4. The smallest absolute Gasteiger partial charge is 0.330 e. The molecule has 2 unspecified atom stereocenters. The third-order valence-electron chi connectivity index (χ3n) is 6.43. The van der Waals surface area contributed by atoms with Gasteiger partial charge in [0, 0.05) is 13.2 Å². The van der Waals surface area contributed by atoms with E-state index < -0.39 is 24.3 Å². The van der Waals surface area contributed by atoms with E-state index in [2.05, 4.69) is 26.8 Å². The third-order valence-corrected chi connectivity index (χ3v) is 6.43. The van der Waals surface area contributed by atoms with Gasteiger partial charge < -0.3 is 29.2 Å². The second kappa shape index (κ2) is 8.47. The van der Waals surface area contributed by atoms with E-state index in [1.54, 1.807) is 7.11 Å². The van der Waals surface area contributed by atoms with Gasteiger partial charge in [-0.2, -0.15) is 0 Å². The van der Waals surface area contributed by atoms with Crippen LogP contribution in [0.3, 0.4) is 0 Å². The molecule has 2 aliphatic heterocycles. The predicted octanol–water partition coefficient (Wildman–Crippen LogP) is 1.90. The van der Waals surface area contributed by atoms with Crippen molar-refractivity contribution in [3.05, 3.63) is 23.8 Å². The van der Waals surface area contributed by atoms with Gasteiger partial charge in [0.1, 0.15) is 23.4 Å². The quantitative estimate of drug-likeness (QED) is 0.273. The first kappa shape index (κ1) is 22.4. The molecule has 3 fully saturated rings. The van der Waals surface area contributed by atoms with Crippen molar-refractivity contribution < 1.29 is 34.0 Å². The molecule has 7 nitrogen and oxygen atoms in total. The van der Waals surface area contributed by atoms with Crippen molar-refractivity contribution in [1.82, 2.24) is 0 Å². The van der Waals surface area contributed by atoms with Gasteiger partial charge in [-0.1, -0.05) is 11.6 Å². The van der Waals surface area contributed by atoms with Gasteiger partial charge in [0.25, 0.3) is 0 Å². The van der Waals surface area contributed by atoms with Gasteiger partial charge in [-0.25, -0.2) is 4.79 Å². The number of carbonyl (C=O) groups excluding carboxylic acids is 1. The summed E-state index contributed by atoms with van der Waals surface area (Å²) in [4.78, 5) is 12.3. The molecule has 0 aromatic rings. The molecular weight excluding hydrogens is 376 g/mol. The van der Waals surface area contributed by atoms with Crippen LogP contribution >= 0.6 is 0 Å². The fourth-order valence-corrected chi connectivity index (χ4v) is 4.60. The van der Waals surface area contributed by atoms with Gasteiger partial charge in [-0.15, -0.1) is 0 Å². The summed E-state index contributed by atoms with van der Waals surface area (Å²) in [5.41, 5.74) is 0.605. The maximum Gasteiger partial charge on any atom is 0.330 e. The van der Waals surface area contributed by atoms with Crippen LogP contribution in [-0.2, 0) is 23.7 Å². The summed E-state index contributed by atoms with van der Waals surface area (Å²) < 4.78 is 23.5. The van der Waals surface area contributed by atoms with Crippen LogP contribution in [0.2, 0.25) is 0 Å². The standard InChI is InChI=1S/C22H34O7/c1-13(2)6-8-17-21(4,29-17)20-19(26-5)16(10-11-22(20)12-27-22)28-18(25)9-7-15(24)14(3)23/h6-7,9,14-17,19-20,23-24H,8,10-12H2,1-5H3/t14?,15?,16-,17-,19-,20-,21+,22+/m1/s1. The summed E-state index contributed by atoms with van der Waals surface area (Å²) in [5, 5.41) is 19.0. The van der Waals surface area contributed by atoms with Crippen molar-refractivity contribution in [2.75, 3.05) is 13.7 Å². The average Bonchev–Trinajstić information content (AvgIpc) is 3.57. The molecule has 2 saturated heterocycles. The van der Waals surface area contributed by atoms with E-state index in [1.807, 2.05) is 0 Å². The number of esters is 1. The van der Waals surface area contributed by atoms with E-state index in [4.69, 9.17) is 18.9 Å². The van der Waals surface area contributed by atoms with Crippen molar-refractivity contribution >= 4 is 5.97 Å². The van der Waals surface area contributed by atoms with E-state index in [0.717, 1.165) is 18.9 Å². The Bertz CT molecular complexity index is 662. The molecule has 0 bridgehead atoms. The summed E-state index contributed by atoms with van der Waals surface area (Å²) in [7, 11) is 1.63. The lowest BCUT2D eigenvalue weighted by atomic mass is 9.68. The van der Waals surface area contributed by atoms with Crippen molar-refractivity contribution in [3.8, 4) is 0 Å². The first-order chi connectivity index (χ1) is 13.6. The van der Waals surface area contributed by atoms with Gasteiger partial charge >= 0.3 is 5.97 Å². The van der Waals surface area contributed by atoms with Gasteiger partial charge in [-0.3, -0.25) is 0 Å². The van der Waals surface area contributed by atoms with E-state index in [0.29, 0.717) is 13.0 Å². The molecule has 2 heterocycles. The van der Waals surface area contributed by atoms with Crippen LogP contribution < -0.4 is 0 Å². The number of hydrogen-bond donors (Lipinski definition) is 2. The van der Waals surface area contributed by atoms with Crippen LogP contribution in [-0.4, -0.2) is 71.6 Å². The molecule has 7 heteroatoms. The molecule has 0 radical (unpaired) electrons. The number of epoxide rings is 2. The molecule has 3 rings (SSSR count). The van der Waals surface area contributed by atoms with Crippen LogP contribution in [0.15, 0.2) is 23.8 Å². The Kier molecular flexibility index (Phi) is 6.56. The van der Waals surface area contributed by atoms with Crippen molar-refractivity contribution in [2.24, 2.45) is 5.92 Å². The number of methoxy groups -OCH3 is 1. The number of carbonyl (C=O) groups is 1. The highest BCUT2D eigenvalue weighted by atomic mass is 16.6. The van der Waals surface area contributed by atoms with E-state index in [-0.39, 0.29) is 29.3 Å². The SMILES string of the molecule is CO[C@@H]1[C@H](OC(=O)C=CC(O)C(C)O)CC[C@]2(CO2)[C@H]1[C@@]1(C)O[C@@H]1CC=C(C)C. The second-order valence-electron chi connectivity index (χ2n) is 8.94. The van der Waals surface area contributed by atoms with Crippen LogP contribution in [0.5, 0.6) is 0 Å². The maximum absolute atomic E-state index is 12.3. The molecule has 8 atom stereocenters. The van der Waals surface area contributed by atoms with Gasteiger partial charge in [0.2, 0.25) is 0 Å². The van der Waals surface area contributed by atoms with E-state index in [9.17, 15) is 15.0 Å². The zero-order chi connectivity index (χ0) is 21.4. The molecule has 0 amide bonds. The lowest BCUT2D eigenvalue weighted by Crippen LogP contribution is -2.55. The van der Waals surface area contributed by atoms with E-state index >= 15 is 0 Å². The summed E-state index contributed by atoms with van der Waals surface area (Å²) in [6.45, 7) is 8.36. The summed E-state index contributed by atoms with van der Waals surface area (Å²) in [6, 6.07) is 0. The zero-order valence-electron chi connectivity index (χ0n) is 18.0. The molecule has 1 spiro atoms. The minimum Gasteiger partial charge on any atom is -0.456 e. The summed E-state index contributed by atoms with van der Waals surface area (Å²) in [6.07, 6.45) is 4.09. The topological polar surface area (TPSA) is 101 Å². The number of ether oxygens (including phenoxy) is 4. The molecule has 1 saturated carbocycles. The molecular formula is C22H34O7. The van der Waals surface area contributed by atoms with Crippen LogP contribution in [0.25, 0.3) is 0 Å². The van der Waals surface area contributed by atoms with Crippen LogP contribution in [0.1, 0.15) is 47.0 Å². The molecule has 29 heavy (non-hydrogen) atoms. The van der Waals surface area contributed by atoms with Crippen molar-refractivity contribution in [1.29, 1.82) is 0 Å². The van der Waals surface area contributed by atoms with E-state index in [1.165, 1.54) is 18.6 Å². The zero-order valence-corrected chi connectivity index (χ0v) is 18.0. The highest BCUT2D eigenvalue weighted by Gasteiger charge is 2.72. The lowest BCUT2D eigenvalue weighted by molar-refractivity contribution is -0.166.